The highest BCUT2D eigenvalue weighted by molar-refractivity contribution is 5.93. The Kier molecular flexibility index (Phi) is 5.67. The van der Waals surface area contributed by atoms with E-state index < -0.39 is 0 Å². The van der Waals surface area contributed by atoms with Crippen LogP contribution in [0.3, 0.4) is 0 Å². The molecule has 7 heteroatoms. The quantitative estimate of drug-likeness (QED) is 0.243. The molecule has 0 aliphatic carbocycles. The van der Waals surface area contributed by atoms with Crippen molar-refractivity contribution in [3.05, 3.63) is 76.3 Å². The molecule has 0 amide bonds. The standard InChI is InChI=1S/C21H20N4O3/c1-4-28-21(26)19-13-20(15-7-5-8-16(11-15)23-24-22)25(14(19)2)17-9-6-10-18(12-17)27-3/h5-13H,4H2,1-3H3. The van der Waals surface area contributed by atoms with Crippen molar-refractivity contribution in [1.29, 1.82) is 0 Å². The van der Waals surface area contributed by atoms with Crippen molar-refractivity contribution in [3.63, 3.8) is 0 Å². The van der Waals surface area contributed by atoms with E-state index in [9.17, 15) is 4.79 Å². The number of carbonyl (C=O) groups is 1. The monoisotopic (exact) mass is 376 g/mol. The summed E-state index contributed by atoms with van der Waals surface area (Å²) in [5, 5.41) is 3.68. The average molecular weight is 376 g/mol. The summed E-state index contributed by atoms with van der Waals surface area (Å²) in [6.45, 7) is 3.94. The number of azide groups is 1. The molecule has 0 saturated carbocycles. The molecule has 0 saturated heterocycles. The smallest absolute Gasteiger partial charge is 0.339 e. The number of ether oxygens (including phenoxy) is 2. The van der Waals surface area contributed by atoms with E-state index in [1.54, 1.807) is 32.2 Å². The van der Waals surface area contributed by atoms with E-state index in [0.717, 1.165) is 22.6 Å². The van der Waals surface area contributed by atoms with Crippen molar-refractivity contribution in [3.8, 4) is 22.7 Å². The maximum absolute atomic E-state index is 12.5. The summed E-state index contributed by atoms with van der Waals surface area (Å²) in [5.41, 5.74) is 12.9. The molecular weight excluding hydrogens is 356 g/mol. The van der Waals surface area contributed by atoms with Gasteiger partial charge in [0.15, 0.2) is 0 Å². The Morgan fingerprint density at radius 3 is 2.68 bits per heavy atom. The first-order chi connectivity index (χ1) is 13.6. The lowest BCUT2D eigenvalue weighted by molar-refractivity contribution is 0.0525. The molecule has 0 N–H and O–H groups in total. The molecule has 1 aromatic heterocycles. The molecule has 0 aliphatic rings. The molecule has 0 fully saturated rings. The van der Waals surface area contributed by atoms with Crippen LogP contribution in [0, 0.1) is 6.92 Å². The fourth-order valence-corrected chi connectivity index (χ4v) is 3.10. The SMILES string of the molecule is CCOC(=O)c1cc(-c2cccc(N=[N+]=[N-])c2)n(-c2cccc(OC)c2)c1C. The number of carbonyl (C=O) groups excluding carboxylic acids is 1. The molecule has 0 atom stereocenters. The number of nitrogens with zero attached hydrogens (tertiary/aromatic N) is 4. The maximum Gasteiger partial charge on any atom is 0.339 e. The topological polar surface area (TPSA) is 89.2 Å². The Labute approximate surface area is 162 Å². The second-order valence-electron chi connectivity index (χ2n) is 6.03. The van der Waals surface area contributed by atoms with E-state index in [0.29, 0.717) is 23.6 Å². The van der Waals surface area contributed by atoms with Crippen LogP contribution in [0.2, 0.25) is 0 Å². The van der Waals surface area contributed by atoms with Crippen LogP contribution in [0.5, 0.6) is 5.75 Å². The first-order valence-electron chi connectivity index (χ1n) is 8.78. The molecule has 142 valence electrons. The van der Waals surface area contributed by atoms with E-state index >= 15 is 0 Å². The lowest BCUT2D eigenvalue weighted by atomic mass is 10.1. The van der Waals surface area contributed by atoms with Crippen molar-refractivity contribution in [2.45, 2.75) is 13.8 Å². The van der Waals surface area contributed by atoms with Crippen LogP contribution in [0.1, 0.15) is 23.0 Å². The van der Waals surface area contributed by atoms with Gasteiger partial charge in [0.2, 0.25) is 0 Å². The van der Waals surface area contributed by atoms with E-state index in [1.165, 1.54) is 0 Å². The minimum atomic E-state index is -0.380. The zero-order valence-corrected chi connectivity index (χ0v) is 15.9. The van der Waals surface area contributed by atoms with Gasteiger partial charge >= 0.3 is 5.97 Å². The fourth-order valence-electron chi connectivity index (χ4n) is 3.10. The van der Waals surface area contributed by atoms with Gasteiger partial charge in [-0.2, -0.15) is 0 Å². The summed E-state index contributed by atoms with van der Waals surface area (Å²) in [5.74, 6) is 0.325. The predicted octanol–water partition coefficient (Wildman–Crippen LogP) is 5.58. The van der Waals surface area contributed by atoms with Gasteiger partial charge in [0.1, 0.15) is 5.75 Å². The highest BCUT2D eigenvalue weighted by Crippen LogP contribution is 2.32. The van der Waals surface area contributed by atoms with Gasteiger partial charge in [0.05, 0.1) is 25.0 Å². The fraction of sp³-hybridized carbons (Fsp3) is 0.190. The Morgan fingerprint density at radius 1 is 1.18 bits per heavy atom. The molecule has 7 nitrogen and oxygen atoms in total. The number of rotatable bonds is 6. The van der Waals surface area contributed by atoms with Crippen LogP contribution in [0.25, 0.3) is 27.4 Å². The van der Waals surface area contributed by atoms with Crippen LogP contribution in [0.4, 0.5) is 5.69 Å². The van der Waals surface area contributed by atoms with Gasteiger partial charge in [0, 0.05) is 28.0 Å². The third-order valence-electron chi connectivity index (χ3n) is 4.36. The first-order valence-corrected chi connectivity index (χ1v) is 8.78. The zero-order valence-electron chi connectivity index (χ0n) is 15.9. The summed E-state index contributed by atoms with van der Waals surface area (Å²) in [4.78, 5) is 15.3. The normalized spacial score (nSPS) is 10.2. The van der Waals surface area contributed by atoms with Crippen LogP contribution in [-0.4, -0.2) is 24.3 Å². The Hall–Kier alpha value is -3.70. The molecule has 28 heavy (non-hydrogen) atoms. The summed E-state index contributed by atoms with van der Waals surface area (Å²) >= 11 is 0. The van der Waals surface area contributed by atoms with Crippen molar-refractivity contribution >= 4 is 11.7 Å². The van der Waals surface area contributed by atoms with Gasteiger partial charge in [-0.05, 0) is 49.2 Å². The minimum absolute atomic E-state index is 0.296. The van der Waals surface area contributed by atoms with Crippen molar-refractivity contribution < 1.29 is 14.3 Å². The number of methoxy groups -OCH3 is 1. The van der Waals surface area contributed by atoms with E-state index in [-0.39, 0.29) is 5.97 Å². The van der Waals surface area contributed by atoms with Crippen molar-refractivity contribution in [1.82, 2.24) is 4.57 Å². The van der Waals surface area contributed by atoms with Crippen LogP contribution >= 0.6 is 0 Å². The first kappa shape index (κ1) is 19.1. The number of benzene rings is 2. The van der Waals surface area contributed by atoms with Crippen LogP contribution in [-0.2, 0) is 4.74 Å². The number of hydrogen-bond acceptors (Lipinski definition) is 4. The highest BCUT2D eigenvalue weighted by Gasteiger charge is 2.20. The molecule has 0 radical (unpaired) electrons. The van der Waals surface area contributed by atoms with Gasteiger partial charge in [0.25, 0.3) is 0 Å². The van der Waals surface area contributed by atoms with Crippen LogP contribution < -0.4 is 4.74 Å². The minimum Gasteiger partial charge on any atom is -0.497 e. The Bertz CT molecular complexity index is 1070. The number of aromatic nitrogens is 1. The summed E-state index contributed by atoms with van der Waals surface area (Å²) < 4.78 is 12.5. The molecule has 1 heterocycles. The number of esters is 1. The lowest BCUT2D eigenvalue weighted by Gasteiger charge is -2.14. The lowest BCUT2D eigenvalue weighted by Crippen LogP contribution is -2.07. The molecule has 3 aromatic rings. The Balaban J connectivity index is 2.25. The molecule has 3 rings (SSSR count). The Morgan fingerprint density at radius 2 is 1.96 bits per heavy atom. The predicted molar refractivity (Wildman–Crippen MR) is 107 cm³/mol. The molecule has 0 bridgehead atoms. The molecule has 0 spiro atoms. The van der Waals surface area contributed by atoms with Gasteiger partial charge in [-0.15, -0.1) is 0 Å². The average Bonchev–Trinajstić information content (AvgIpc) is 3.06. The second kappa shape index (κ2) is 8.33. The van der Waals surface area contributed by atoms with Gasteiger partial charge in [-0.1, -0.05) is 29.4 Å². The third-order valence-corrected chi connectivity index (χ3v) is 4.36. The van der Waals surface area contributed by atoms with Crippen molar-refractivity contribution in [2.24, 2.45) is 5.11 Å². The molecule has 0 aliphatic heterocycles. The summed E-state index contributed by atoms with van der Waals surface area (Å²) in [6, 6.07) is 16.6. The van der Waals surface area contributed by atoms with Gasteiger partial charge < -0.3 is 14.0 Å². The van der Waals surface area contributed by atoms with E-state index in [4.69, 9.17) is 15.0 Å². The van der Waals surface area contributed by atoms with Gasteiger partial charge in [-0.3, -0.25) is 0 Å². The summed E-state index contributed by atoms with van der Waals surface area (Å²) in [6.07, 6.45) is 0. The largest absolute Gasteiger partial charge is 0.497 e. The molecule has 0 unspecified atom stereocenters. The van der Waals surface area contributed by atoms with E-state index in [1.807, 2.05) is 47.9 Å². The summed E-state index contributed by atoms with van der Waals surface area (Å²) in [7, 11) is 1.61. The molecular formula is C21H20N4O3. The molecule has 2 aromatic carbocycles. The highest BCUT2D eigenvalue weighted by atomic mass is 16.5. The third kappa shape index (κ3) is 3.70. The maximum atomic E-state index is 12.5. The second-order valence-corrected chi connectivity index (χ2v) is 6.03. The van der Waals surface area contributed by atoms with E-state index in [2.05, 4.69) is 10.0 Å². The number of hydrogen-bond donors (Lipinski definition) is 0. The van der Waals surface area contributed by atoms with Crippen molar-refractivity contribution in [2.75, 3.05) is 13.7 Å². The van der Waals surface area contributed by atoms with Gasteiger partial charge in [-0.25, -0.2) is 4.79 Å². The van der Waals surface area contributed by atoms with Crippen LogP contribution in [0.15, 0.2) is 59.7 Å². The zero-order chi connectivity index (χ0) is 20.1.